The Morgan fingerprint density at radius 3 is 3.00 bits per heavy atom. The summed E-state index contributed by atoms with van der Waals surface area (Å²) in [5.41, 5.74) is 6.76. The highest BCUT2D eigenvalue weighted by atomic mass is 32.1. The summed E-state index contributed by atoms with van der Waals surface area (Å²) in [5.74, 6) is 1.63. The molecule has 0 saturated heterocycles. The van der Waals surface area contributed by atoms with Crippen LogP contribution in [-0.2, 0) is 6.42 Å². The number of aromatic nitrogens is 1. The van der Waals surface area contributed by atoms with Crippen molar-refractivity contribution in [3.63, 3.8) is 0 Å². The van der Waals surface area contributed by atoms with Crippen molar-refractivity contribution < 1.29 is 9.47 Å². The van der Waals surface area contributed by atoms with Gasteiger partial charge in [-0.3, -0.25) is 0 Å². The standard InChI is InChI=1S/C11H10N2O2S/c12-11-13-5-8(16-11)3-7-1-2-9-10(4-7)15-6-14-9/h1-2,4-5H,3,6H2,(H2,12,13). The Kier molecular flexibility index (Phi) is 2.18. The van der Waals surface area contributed by atoms with Crippen molar-refractivity contribution in [3.8, 4) is 11.5 Å². The first kappa shape index (κ1) is 9.47. The van der Waals surface area contributed by atoms with Gasteiger partial charge in [-0.25, -0.2) is 4.98 Å². The summed E-state index contributed by atoms with van der Waals surface area (Å²) < 4.78 is 10.6. The number of hydrogen-bond acceptors (Lipinski definition) is 5. The topological polar surface area (TPSA) is 57.4 Å². The van der Waals surface area contributed by atoms with Crippen molar-refractivity contribution in [1.29, 1.82) is 0 Å². The zero-order valence-corrected chi connectivity index (χ0v) is 9.29. The maximum Gasteiger partial charge on any atom is 0.231 e. The van der Waals surface area contributed by atoms with Gasteiger partial charge in [-0.05, 0) is 17.7 Å². The average Bonchev–Trinajstić information content (AvgIpc) is 2.87. The minimum absolute atomic E-state index is 0.312. The van der Waals surface area contributed by atoms with Crippen molar-refractivity contribution in [2.75, 3.05) is 12.5 Å². The number of fused-ring (bicyclic) bond motifs is 1. The van der Waals surface area contributed by atoms with Gasteiger partial charge in [0.1, 0.15) is 0 Å². The lowest BCUT2D eigenvalue weighted by atomic mass is 10.1. The predicted octanol–water partition coefficient (Wildman–Crippen LogP) is 2.04. The molecule has 1 aromatic heterocycles. The van der Waals surface area contributed by atoms with E-state index in [1.807, 2.05) is 24.4 Å². The summed E-state index contributed by atoms with van der Waals surface area (Å²) in [5, 5.41) is 0.607. The van der Waals surface area contributed by atoms with Gasteiger partial charge in [0.15, 0.2) is 16.6 Å². The van der Waals surface area contributed by atoms with Crippen LogP contribution in [0.3, 0.4) is 0 Å². The van der Waals surface area contributed by atoms with Gasteiger partial charge in [-0.1, -0.05) is 6.07 Å². The molecule has 16 heavy (non-hydrogen) atoms. The smallest absolute Gasteiger partial charge is 0.231 e. The number of rotatable bonds is 2. The third kappa shape index (κ3) is 1.69. The number of ether oxygens (including phenoxy) is 2. The molecule has 1 aliphatic rings. The molecule has 0 unspecified atom stereocenters. The van der Waals surface area contributed by atoms with Crippen LogP contribution in [0.1, 0.15) is 10.4 Å². The summed E-state index contributed by atoms with van der Waals surface area (Å²) in [6.45, 7) is 0.312. The Labute approximate surface area is 96.6 Å². The molecule has 0 saturated carbocycles. The second kappa shape index (κ2) is 3.68. The van der Waals surface area contributed by atoms with Crippen LogP contribution in [0.5, 0.6) is 11.5 Å². The van der Waals surface area contributed by atoms with Crippen molar-refractivity contribution >= 4 is 16.5 Å². The number of nitrogens with zero attached hydrogens (tertiary/aromatic N) is 1. The van der Waals surface area contributed by atoms with Crippen LogP contribution >= 0.6 is 11.3 Å². The second-order valence-corrected chi connectivity index (χ2v) is 4.68. The third-order valence-electron chi connectivity index (χ3n) is 2.39. The monoisotopic (exact) mass is 234 g/mol. The summed E-state index contributed by atoms with van der Waals surface area (Å²) in [6.07, 6.45) is 2.64. The molecule has 0 spiro atoms. The molecule has 0 atom stereocenters. The number of thiazole rings is 1. The molecular formula is C11H10N2O2S. The highest BCUT2D eigenvalue weighted by Crippen LogP contribution is 2.33. The number of nitrogens with two attached hydrogens (primary N) is 1. The molecule has 1 aliphatic heterocycles. The molecule has 82 valence electrons. The lowest BCUT2D eigenvalue weighted by Gasteiger charge is -2.00. The van der Waals surface area contributed by atoms with Gasteiger partial charge in [0.05, 0.1) is 0 Å². The zero-order valence-electron chi connectivity index (χ0n) is 8.47. The molecule has 5 heteroatoms. The number of nitrogen functional groups attached to an aromatic ring is 1. The quantitative estimate of drug-likeness (QED) is 0.864. The summed E-state index contributed by atoms with van der Waals surface area (Å²) in [6, 6.07) is 5.96. The Morgan fingerprint density at radius 2 is 2.19 bits per heavy atom. The Morgan fingerprint density at radius 1 is 1.31 bits per heavy atom. The summed E-state index contributed by atoms with van der Waals surface area (Å²) in [4.78, 5) is 5.18. The van der Waals surface area contributed by atoms with E-state index in [0.717, 1.165) is 22.8 Å². The van der Waals surface area contributed by atoms with Crippen LogP contribution in [-0.4, -0.2) is 11.8 Å². The molecule has 2 aromatic rings. The van der Waals surface area contributed by atoms with E-state index in [0.29, 0.717) is 11.9 Å². The van der Waals surface area contributed by atoms with Gasteiger partial charge in [-0.2, -0.15) is 0 Å². The Balaban J connectivity index is 1.85. The van der Waals surface area contributed by atoms with Gasteiger partial charge in [0.2, 0.25) is 6.79 Å². The molecule has 0 aliphatic carbocycles. The van der Waals surface area contributed by atoms with Gasteiger partial charge in [0.25, 0.3) is 0 Å². The van der Waals surface area contributed by atoms with Crippen LogP contribution in [0.4, 0.5) is 5.13 Å². The normalized spacial score (nSPS) is 13.0. The fourth-order valence-corrected chi connectivity index (χ4v) is 2.37. The molecule has 0 bridgehead atoms. The van der Waals surface area contributed by atoms with Crippen LogP contribution in [0.2, 0.25) is 0 Å². The first-order valence-corrected chi connectivity index (χ1v) is 5.71. The van der Waals surface area contributed by atoms with E-state index >= 15 is 0 Å². The highest BCUT2D eigenvalue weighted by molar-refractivity contribution is 7.15. The van der Waals surface area contributed by atoms with Crippen molar-refractivity contribution in [1.82, 2.24) is 4.98 Å². The predicted molar refractivity (Wildman–Crippen MR) is 61.9 cm³/mol. The minimum atomic E-state index is 0.312. The molecule has 4 nitrogen and oxygen atoms in total. The van der Waals surface area contributed by atoms with E-state index < -0.39 is 0 Å². The fraction of sp³-hybridized carbons (Fsp3) is 0.182. The number of hydrogen-bond donors (Lipinski definition) is 1. The maximum absolute atomic E-state index is 5.59. The van der Waals surface area contributed by atoms with Gasteiger partial charge >= 0.3 is 0 Å². The molecule has 1 aromatic carbocycles. The Bertz CT molecular complexity index is 524. The third-order valence-corrected chi connectivity index (χ3v) is 3.21. The molecule has 0 radical (unpaired) electrons. The van der Waals surface area contributed by atoms with Crippen LogP contribution < -0.4 is 15.2 Å². The number of benzene rings is 1. The molecule has 2 heterocycles. The van der Waals surface area contributed by atoms with E-state index in [2.05, 4.69) is 4.98 Å². The lowest BCUT2D eigenvalue weighted by Crippen LogP contribution is -1.92. The molecule has 3 rings (SSSR count). The first-order chi connectivity index (χ1) is 7.81. The Hall–Kier alpha value is -1.75. The summed E-state index contributed by atoms with van der Waals surface area (Å²) >= 11 is 1.51. The van der Waals surface area contributed by atoms with Crippen LogP contribution in [0, 0.1) is 0 Å². The first-order valence-electron chi connectivity index (χ1n) is 4.90. The van der Waals surface area contributed by atoms with E-state index in [9.17, 15) is 0 Å². The second-order valence-electron chi connectivity index (χ2n) is 3.53. The minimum Gasteiger partial charge on any atom is -0.454 e. The zero-order chi connectivity index (χ0) is 11.0. The van der Waals surface area contributed by atoms with E-state index in [-0.39, 0.29) is 0 Å². The van der Waals surface area contributed by atoms with Crippen LogP contribution in [0.15, 0.2) is 24.4 Å². The highest BCUT2D eigenvalue weighted by Gasteiger charge is 2.13. The molecule has 2 N–H and O–H groups in total. The number of anilines is 1. The molecule has 0 fully saturated rings. The SMILES string of the molecule is Nc1ncc(Cc2ccc3c(c2)OCO3)s1. The molecular weight excluding hydrogens is 224 g/mol. The van der Waals surface area contributed by atoms with E-state index in [1.165, 1.54) is 16.9 Å². The van der Waals surface area contributed by atoms with E-state index in [4.69, 9.17) is 15.2 Å². The summed E-state index contributed by atoms with van der Waals surface area (Å²) in [7, 11) is 0. The van der Waals surface area contributed by atoms with Gasteiger partial charge in [0, 0.05) is 17.5 Å². The van der Waals surface area contributed by atoms with Crippen molar-refractivity contribution in [2.45, 2.75) is 6.42 Å². The van der Waals surface area contributed by atoms with Crippen molar-refractivity contribution in [3.05, 3.63) is 34.8 Å². The van der Waals surface area contributed by atoms with E-state index in [1.54, 1.807) is 0 Å². The fourth-order valence-electron chi connectivity index (χ4n) is 1.66. The van der Waals surface area contributed by atoms with Crippen molar-refractivity contribution in [2.24, 2.45) is 0 Å². The molecule has 0 amide bonds. The maximum atomic E-state index is 5.59. The lowest BCUT2D eigenvalue weighted by molar-refractivity contribution is 0.174. The van der Waals surface area contributed by atoms with Gasteiger partial charge in [-0.15, -0.1) is 11.3 Å². The van der Waals surface area contributed by atoms with Gasteiger partial charge < -0.3 is 15.2 Å². The largest absolute Gasteiger partial charge is 0.454 e. The average molecular weight is 234 g/mol. The van der Waals surface area contributed by atoms with Crippen LogP contribution in [0.25, 0.3) is 0 Å².